The summed E-state index contributed by atoms with van der Waals surface area (Å²) in [6.45, 7) is 9.49. The predicted molar refractivity (Wildman–Crippen MR) is 107 cm³/mol. The highest BCUT2D eigenvalue weighted by molar-refractivity contribution is 5.83. The molecule has 0 aromatic heterocycles. The molecule has 2 N–H and O–H groups in total. The number of hydrogen-bond donors (Lipinski definition) is 2. The van der Waals surface area contributed by atoms with Gasteiger partial charge in [0, 0.05) is 12.1 Å². The van der Waals surface area contributed by atoms with Crippen LogP contribution in [0.2, 0.25) is 0 Å². The number of aliphatic hydroxyl groups excluding tert-OH is 1. The molecule has 0 aliphatic carbocycles. The summed E-state index contributed by atoms with van der Waals surface area (Å²) in [6.07, 6.45) is 11.3. The summed E-state index contributed by atoms with van der Waals surface area (Å²) in [5, 5.41) is 15.0. The maximum absolute atomic E-state index is 8.97. The molecule has 2 rings (SSSR count). The van der Waals surface area contributed by atoms with Crippen LogP contribution < -0.4 is 5.32 Å². The van der Waals surface area contributed by atoms with Crippen molar-refractivity contribution in [2.45, 2.75) is 52.5 Å². The normalized spacial score (nSPS) is 12.3. The van der Waals surface area contributed by atoms with Crippen LogP contribution in [0.3, 0.4) is 0 Å². The fourth-order valence-electron chi connectivity index (χ4n) is 2.47. The summed E-state index contributed by atoms with van der Waals surface area (Å²) in [6, 6.07) is 15.1. The molecule has 0 aliphatic heterocycles. The van der Waals surface area contributed by atoms with Crippen molar-refractivity contribution in [2.75, 3.05) is 13.2 Å². The summed E-state index contributed by atoms with van der Waals surface area (Å²) in [7, 11) is 0. The van der Waals surface area contributed by atoms with Crippen molar-refractivity contribution in [3.8, 4) is 12.8 Å². The van der Waals surface area contributed by atoms with E-state index in [9.17, 15) is 0 Å². The molecular weight excluding hydrogens is 294 g/mol. The van der Waals surface area contributed by atoms with E-state index in [0.29, 0.717) is 6.54 Å². The maximum atomic E-state index is 8.97. The Morgan fingerprint density at radius 2 is 1.58 bits per heavy atom. The number of benzene rings is 2. The molecule has 2 heteroatoms. The Labute approximate surface area is 148 Å². The first-order valence-corrected chi connectivity index (χ1v) is 8.75. The van der Waals surface area contributed by atoms with E-state index in [1.165, 1.54) is 22.8 Å². The Morgan fingerprint density at radius 1 is 1.00 bits per heavy atom. The number of β-amino-alcohol motifs (C(OH)–C–C–N with tert-alkyl or cyclic N) is 1. The average Bonchev–Trinajstić information content (AvgIpc) is 2.62. The van der Waals surface area contributed by atoms with Gasteiger partial charge in [-0.25, -0.2) is 0 Å². The van der Waals surface area contributed by atoms with Crippen molar-refractivity contribution in [2.24, 2.45) is 0 Å². The zero-order chi connectivity index (χ0) is 18.4. The quantitative estimate of drug-likeness (QED) is 0.747. The lowest BCUT2D eigenvalue weighted by atomic mass is 9.89. The van der Waals surface area contributed by atoms with Gasteiger partial charge in [-0.1, -0.05) is 69.7 Å². The van der Waals surface area contributed by atoms with Crippen molar-refractivity contribution in [3.63, 3.8) is 0 Å². The maximum Gasteiger partial charge on any atom is 0.0556 e. The highest BCUT2D eigenvalue weighted by atomic mass is 16.3. The zero-order valence-corrected chi connectivity index (χ0v) is 15.7. The van der Waals surface area contributed by atoms with E-state index >= 15 is 0 Å². The minimum atomic E-state index is 0.0468. The second-order valence-electron chi connectivity index (χ2n) is 6.13. The summed E-state index contributed by atoms with van der Waals surface area (Å²) < 4.78 is 0. The Balaban J connectivity index is 0.000000952. The van der Waals surface area contributed by atoms with Gasteiger partial charge in [0.05, 0.1) is 6.61 Å². The van der Waals surface area contributed by atoms with Crippen molar-refractivity contribution in [1.29, 1.82) is 0 Å². The van der Waals surface area contributed by atoms with Gasteiger partial charge in [0.15, 0.2) is 0 Å². The van der Waals surface area contributed by atoms with Crippen LogP contribution in [-0.4, -0.2) is 23.8 Å². The molecule has 132 valence electrons. The molecule has 0 fully saturated rings. The van der Waals surface area contributed by atoms with Crippen LogP contribution in [0.5, 0.6) is 0 Å². The van der Waals surface area contributed by atoms with Crippen molar-refractivity contribution < 1.29 is 5.11 Å². The van der Waals surface area contributed by atoms with Crippen molar-refractivity contribution >= 4 is 10.8 Å². The van der Waals surface area contributed by atoms with E-state index in [1.54, 1.807) is 0 Å². The summed E-state index contributed by atoms with van der Waals surface area (Å²) in [5.74, 6) is 0. The van der Waals surface area contributed by atoms with Gasteiger partial charge in [-0.3, -0.25) is 0 Å². The Kier molecular flexibility index (Phi) is 11.6. The second kappa shape index (κ2) is 12.6. The second-order valence-corrected chi connectivity index (χ2v) is 6.13. The standard InChI is InChI=1S/C17H23NO.C3H8.C2H2/c1-3-17(2,18-10-11-19)13-14-8-9-15-6-4-5-7-16(15)12-14;1-3-2;1-2/h4-9,12,18-19H,3,10-11,13H2,1-2H3;3H2,1-2H3;1-2H. The highest BCUT2D eigenvalue weighted by Gasteiger charge is 2.21. The molecule has 2 aromatic rings. The minimum absolute atomic E-state index is 0.0468. The number of terminal acetylenes is 1. The van der Waals surface area contributed by atoms with Gasteiger partial charge in [0.2, 0.25) is 0 Å². The largest absolute Gasteiger partial charge is 0.395 e. The Hall–Kier alpha value is -1.82. The van der Waals surface area contributed by atoms with Crippen LogP contribution >= 0.6 is 0 Å². The van der Waals surface area contributed by atoms with Gasteiger partial charge in [-0.15, -0.1) is 12.8 Å². The SMILES string of the molecule is C#C.CCC.CCC(C)(Cc1ccc2ccccc2c1)NCCO. The number of nitrogens with one attached hydrogen (secondary N) is 1. The summed E-state index contributed by atoms with van der Waals surface area (Å²) in [5.41, 5.74) is 1.39. The lowest BCUT2D eigenvalue weighted by Crippen LogP contribution is -2.45. The molecule has 2 aromatic carbocycles. The molecule has 0 amide bonds. The molecular formula is C22H33NO. The highest BCUT2D eigenvalue weighted by Crippen LogP contribution is 2.21. The van der Waals surface area contributed by atoms with Gasteiger partial charge in [-0.05, 0) is 36.1 Å². The Bertz CT molecular complexity index is 591. The van der Waals surface area contributed by atoms with E-state index < -0.39 is 0 Å². The molecule has 1 atom stereocenters. The third kappa shape index (κ3) is 7.64. The van der Waals surface area contributed by atoms with Crippen LogP contribution in [-0.2, 0) is 6.42 Å². The molecule has 2 nitrogen and oxygen atoms in total. The van der Waals surface area contributed by atoms with Crippen LogP contribution in [0.25, 0.3) is 10.8 Å². The van der Waals surface area contributed by atoms with Gasteiger partial charge in [-0.2, -0.15) is 0 Å². The molecule has 24 heavy (non-hydrogen) atoms. The smallest absolute Gasteiger partial charge is 0.0556 e. The van der Waals surface area contributed by atoms with Crippen LogP contribution in [0.4, 0.5) is 0 Å². The molecule has 0 aliphatic rings. The summed E-state index contributed by atoms with van der Waals surface area (Å²) in [4.78, 5) is 0. The summed E-state index contributed by atoms with van der Waals surface area (Å²) >= 11 is 0. The first-order valence-electron chi connectivity index (χ1n) is 8.75. The number of aliphatic hydroxyl groups is 1. The van der Waals surface area contributed by atoms with Gasteiger partial charge < -0.3 is 10.4 Å². The molecule has 0 saturated carbocycles. The molecule has 0 saturated heterocycles. The van der Waals surface area contributed by atoms with Crippen molar-refractivity contribution in [1.82, 2.24) is 5.32 Å². The van der Waals surface area contributed by atoms with E-state index in [0.717, 1.165) is 12.8 Å². The van der Waals surface area contributed by atoms with E-state index in [4.69, 9.17) is 5.11 Å². The van der Waals surface area contributed by atoms with Crippen LogP contribution in [0, 0.1) is 12.8 Å². The topological polar surface area (TPSA) is 32.3 Å². The van der Waals surface area contributed by atoms with Gasteiger partial charge in [0.25, 0.3) is 0 Å². The van der Waals surface area contributed by atoms with Crippen LogP contribution in [0.15, 0.2) is 42.5 Å². The fraction of sp³-hybridized carbons (Fsp3) is 0.455. The minimum Gasteiger partial charge on any atom is -0.395 e. The molecule has 0 spiro atoms. The van der Waals surface area contributed by atoms with E-state index in [1.807, 2.05) is 0 Å². The molecule has 0 heterocycles. The predicted octanol–water partition coefficient (Wildman–Crippen LogP) is 4.80. The molecule has 0 bridgehead atoms. The van der Waals surface area contributed by atoms with Gasteiger partial charge >= 0.3 is 0 Å². The average molecular weight is 328 g/mol. The van der Waals surface area contributed by atoms with E-state index in [-0.39, 0.29) is 12.1 Å². The van der Waals surface area contributed by atoms with E-state index in [2.05, 4.69) is 88.3 Å². The lowest BCUT2D eigenvalue weighted by molar-refractivity contribution is 0.254. The van der Waals surface area contributed by atoms with Crippen LogP contribution in [0.1, 0.15) is 46.1 Å². The van der Waals surface area contributed by atoms with Gasteiger partial charge in [0.1, 0.15) is 0 Å². The number of hydrogen-bond acceptors (Lipinski definition) is 2. The zero-order valence-electron chi connectivity index (χ0n) is 15.7. The Morgan fingerprint density at radius 3 is 2.12 bits per heavy atom. The number of fused-ring (bicyclic) bond motifs is 1. The number of rotatable bonds is 6. The third-order valence-corrected chi connectivity index (χ3v) is 3.85. The first-order chi connectivity index (χ1) is 11.6. The van der Waals surface area contributed by atoms with Crippen molar-refractivity contribution in [3.05, 3.63) is 48.0 Å². The fourth-order valence-corrected chi connectivity index (χ4v) is 2.47. The third-order valence-electron chi connectivity index (χ3n) is 3.85. The monoisotopic (exact) mass is 327 g/mol. The lowest BCUT2D eigenvalue weighted by Gasteiger charge is -2.30. The first kappa shape index (κ1) is 22.2. The molecule has 0 radical (unpaired) electrons. The molecule has 1 unspecified atom stereocenters.